The fraction of sp³-hybridized carbons (Fsp3) is 0.500. The van der Waals surface area contributed by atoms with Crippen LogP contribution in [0.5, 0.6) is 0 Å². The van der Waals surface area contributed by atoms with Crippen molar-refractivity contribution in [3.8, 4) is 0 Å². The van der Waals surface area contributed by atoms with Gasteiger partial charge >= 0.3 is 11.9 Å². The highest BCUT2D eigenvalue weighted by Crippen LogP contribution is 2.45. The van der Waals surface area contributed by atoms with Crippen LogP contribution in [0.1, 0.15) is 70.0 Å². The van der Waals surface area contributed by atoms with E-state index in [0.717, 1.165) is 29.3 Å². The van der Waals surface area contributed by atoms with Crippen LogP contribution in [0.25, 0.3) is 0 Å². The van der Waals surface area contributed by atoms with E-state index in [9.17, 15) is 14.4 Å². The minimum absolute atomic E-state index is 0.0538. The Morgan fingerprint density at radius 1 is 1.19 bits per heavy atom. The van der Waals surface area contributed by atoms with Gasteiger partial charge in [-0.2, -0.15) is 0 Å². The summed E-state index contributed by atoms with van der Waals surface area (Å²) in [6.07, 6.45) is 1.64. The van der Waals surface area contributed by atoms with Crippen molar-refractivity contribution >= 4 is 34.8 Å². The molecule has 2 atom stereocenters. The van der Waals surface area contributed by atoms with Crippen LogP contribution in [0.15, 0.2) is 51.6 Å². The number of rotatable bonds is 7. The Morgan fingerprint density at radius 3 is 2.57 bits per heavy atom. The number of carbonyl (C=O) groups excluding carboxylic acids is 3. The van der Waals surface area contributed by atoms with Crippen LogP contribution in [0.4, 0.5) is 0 Å². The van der Waals surface area contributed by atoms with Crippen molar-refractivity contribution in [2.45, 2.75) is 58.9 Å². The number of allylic oxidation sites excluding steroid dienone is 1. The molecule has 0 N–H and O–H groups in total. The molecular weight excluding hydrogens is 490 g/mol. The zero-order chi connectivity index (χ0) is 26.7. The van der Waals surface area contributed by atoms with Crippen molar-refractivity contribution < 1.29 is 23.9 Å². The van der Waals surface area contributed by atoms with Crippen LogP contribution >= 0.6 is 11.8 Å². The van der Waals surface area contributed by atoms with Crippen LogP contribution in [0, 0.1) is 5.92 Å². The van der Waals surface area contributed by atoms with Crippen molar-refractivity contribution in [2.24, 2.45) is 10.9 Å². The minimum atomic E-state index is -0.455. The Labute approximate surface area is 222 Å². The number of amides is 1. The van der Waals surface area contributed by atoms with Gasteiger partial charge in [-0.15, -0.1) is 0 Å². The topological polar surface area (TPSA) is 88.5 Å². The number of thioether (sulfide) groups is 1. The van der Waals surface area contributed by atoms with Gasteiger partial charge in [-0.1, -0.05) is 49.9 Å². The number of likely N-dealkylation sites (tertiary alicyclic amines) is 1. The first-order valence-electron chi connectivity index (χ1n) is 12.8. The summed E-state index contributed by atoms with van der Waals surface area (Å²) in [5.74, 6) is -0.640. The largest absolute Gasteiger partial charge is 0.466 e. The van der Waals surface area contributed by atoms with E-state index in [0.29, 0.717) is 36.9 Å². The number of fused-ring (bicyclic) bond motifs is 1. The molecule has 3 heterocycles. The van der Waals surface area contributed by atoms with Crippen molar-refractivity contribution in [1.82, 2.24) is 9.80 Å². The lowest BCUT2D eigenvalue weighted by Crippen LogP contribution is -2.44. The first kappa shape index (κ1) is 27.0. The maximum atomic E-state index is 13.4. The number of aliphatic imine (C=N–C) groups is 1. The molecule has 0 unspecified atom stereocenters. The van der Waals surface area contributed by atoms with Gasteiger partial charge < -0.3 is 19.3 Å². The summed E-state index contributed by atoms with van der Waals surface area (Å²) < 4.78 is 10.3. The number of piperidine rings is 1. The second-order valence-corrected chi connectivity index (χ2v) is 10.7. The smallest absolute Gasteiger partial charge is 0.338 e. The molecule has 4 rings (SSSR count). The molecule has 8 nitrogen and oxygen atoms in total. The van der Waals surface area contributed by atoms with Crippen LogP contribution in [-0.2, 0) is 23.9 Å². The van der Waals surface area contributed by atoms with Gasteiger partial charge in [-0.05, 0) is 49.1 Å². The molecular formula is C28H35N3O5S. The van der Waals surface area contributed by atoms with Gasteiger partial charge in [-0.3, -0.25) is 9.59 Å². The average Bonchev–Trinajstić information content (AvgIpc) is 3.29. The van der Waals surface area contributed by atoms with E-state index in [4.69, 9.17) is 9.47 Å². The van der Waals surface area contributed by atoms with E-state index in [1.54, 1.807) is 11.8 Å². The molecule has 3 aliphatic rings. The SMILES string of the molecule is CCOC(=O)[C@H]1CCCN(C(=O)CC2=CSC3=NC(C)=C(C(=O)OC)[C@@H](c4ccc(C(C)C)cc4)N23)C1. The predicted octanol–water partition coefficient (Wildman–Crippen LogP) is 4.75. The van der Waals surface area contributed by atoms with E-state index >= 15 is 0 Å². The number of carbonyl (C=O) groups is 3. The summed E-state index contributed by atoms with van der Waals surface area (Å²) >= 11 is 1.45. The lowest BCUT2D eigenvalue weighted by atomic mass is 9.91. The van der Waals surface area contributed by atoms with Gasteiger partial charge in [-0.25, -0.2) is 9.79 Å². The molecule has 0 saturated carbocycles. The number of esters is 2. The van der Waals surface area contributed by atoms with E-state index in [1.807, 2.05) is 29.4 Å². The number of ether oxygens (including phenoxy) is 2. The van der Waals surface area contributed by atoms with Gasteiger partial charge in [0.25, 0.3) is 0 Å². The maximum absolute atomic E-state index is 13.4. The molecule has 0 bridgehead atoms. The predicted molar refractivity (Wildman–Crippen MR) is 143 cm³/mol. The van der Waals surface area contributed by atoms with E-state index in [2.05, 4.69) is 31.0 Å². The highest BCUT2D eigenvalue weighted by Gasteiger charge is 2.41. The van der Waals surface area contributed by atoms with Crippen LogP contribution < -0.4 is 0 Å². The molecule has 0 radical (unpaired) electrons. The van der Waals surface area contributed by atoms with Gasteiger partial charge in [0.05, 0.1) is 43.4 Å². The van der Waals surface area contributed by atoms with Crippen LogP contribution in [0.2, 0.25) is 0 Å². The first-order valence-corrected chi connectivity index (χ1v) is 13.7. The van der Waals surface area contributed by atoms with E-state index in [-0.39, 0.29) is 24.2 Å². The van der Waals surface area contributed by atoms with Crippen molar-refractivity contribution in [1.29, 1.82) is 0 Å². The third kappa shape index (κ3) is 5.61. The molecule has 0 aliphatic carbocycles. The van der Waals surface area contributed by atoms with E-state index in [1.165, 1.54) is 24.4 Å². The Bertz CT molecular complexity index is 1150. The van der Waals surface area contributed by atoms with Gasteiger partial charge in [0.15, 0.2) is 5.17 Å². The highest BCUT2D eigenvalue weighted by atomic mass is 32.2. The summed E-state index contributed by atoms with van der Waals surface area (Å²) in [6, 6.07) is 7.78. The Morgan fingerprint density at radius 2 is 1.92 bits per heavy atom. The molecule has 198 valence electrons. The minimum Gasteiger partial charge on any atom is -0.466 e. The number of hydrogen-bond acceptors (Lipinski definition) is 8. The summed E-state index contributed by atoms with van der Waals surface area (Å²) in [4.78, 5) is 47.0. The highest BCUT2D eigenvalue weighted by molar-refractivity contribution is 8.16. The van der Waals surface area contributed by atoms with Crippen molar-refractivity contribution in [3.63, 3.8) is 0 Å². The van der Waals surface area contributed by atoms with Crippen LogP contribution in [-0.4, -0.2) is 59.6 Å². The molecule has 0 spiro atoms. The third-order valence-corrected chi connectivity index (χ3v) is 7.94. The maximum Gasteiger partial charge on any atom is 0.338 e. The monoisotopic (exact) mass is 525 g/mol. The summed E-state index contributed by atoms with van der Waals surface area (Å²) in [5, 5.41) is 2.67. The molecule has 1 amide bonds. The Balaban J connectivity index is 1.60. The van der Waals surface area contributed by atoms with Crippen LogP contribution in [0.3, 0.4) is 0 Å². The number of amidine groups is 1. The Hall–Kier alpha value is -3.07. The van der Waals surface area contributed by atoms with Crippen molar-refractivity contribution in [2.75, 3.05) is 26.8 Å². The van der Waals surface area contributed by atoms with E-state index < -0.39 is 12.0 Å². The third-order valence-electron chi connectivity index (χ3n) is 7.05. The number of nitrogens with zero attached hydrogens (tertiary/aromatic N) is 3. The lowest BCUT2D eigenvalue weighted by molar-refractivity contribution is -0.151. The molecule has 1 aromatic carbocycles. The second-order valence-electron chi connectivity index (χ2n) is 9.81. The molecule has 1 aromatic rings. The number of hydrogen-bond donors (Lipinski definition) is 0. The number of benzene rings is 1. The summed E-state index contributed by atoms with van der Waals surface area (Å²) in [6.45, 7) is 9.20. The van der Waals surface area contributed by atoms with Gasteiger partial charge in [0, 0.05) is 18.8 Å². The summed E-state index contributed by atoms with van der Waals surface area (Å²) in [7, 11) is 1.37. The molecule has 9 heteroatoms. The fourth-order valence-corrected chi connectivity index (χ4v) is 6.01. The van der Waals surface area contributed by atoms with Gasteiger partial charge in [0.1, 0.15) is 0 Å². The Kier molecular flexibility index (Phi) is 8.42. The van der Waals surface area contributed by atoms with Crippen molar-refractivity contribution in [3.05, 3.63) is 57.8 Å². The molecule has 1 fully saturated rings. The summed E-state index contributed by atoms with van der Waals surface area (Å²) in [5.41, 5.74) is 3.98. The average molecular weight is 526 g/mol. The first-order chi connectivity index (χ1) is 17.7. The zero-order valence-corrected chi connectivity index (χ0v) is 23.0. The standard InChI is InChI=1S/C28H35N3O5S/c1-6-36-26(33)21-8-7-13-30(15-21)23(32)14-22-16-37-28-29-18(4)24(27(34)35-5)25(31(22)28)20-11-9-19(10-12-20)17(2)3/h9-12,16-17,21,25H,6-8,13-15H2,1-5H3/t21-,25+/m0/s1. The fourth-order valence-electron chi connectivity index (χ4n) is 5.04. The van der Waals surface area contributed by atoms with Gasteiger partial charge in [0.2, 0.25) is 5.91 Å². The lowest BCUT2D eigenvalue weighted by Gasteiger charge is -2.37. The number of methoxy groups -OCH3 is 1. The molecule has 0 aromatic heterocycles. The normalized spacial score (nSPS) is 21.5. The zero-order valence-electron chi connectivity index (χ0n) is 22.2. The quantitative estimate of drug-likeness (QED) is 0.475. The molecule has 1 saturated heterocycles. The molecule has 3 aliphatic heterocycles. The molecule has 37 heavy (non-hydrogen) atoms. The second kappa shape index (κ2) is 11.5.